The van der Waals surface area contributed by atoms with E-state index < -0.39 is 60.4 Å². The van der Waals surface area contributed by atoms with E-state index in [1.165, 1.54) is 6.07 Å². The van der Waals surface area contributed by atoms with Crippen LogP contribution in [0, 0.1) is 0 Å². The van der Waals surface area contributed by atoms with Crippen LogP contribution in [0.4, 0.5) is 0 Å². The van der Waals surface area contributed by atoms with Gasteiger partial charge in [-0.3, -0.25) is 4.57 Å². The number of hydrogen-bond donors (Lipinski definition) is 0. The maximum absolute atomic E-state index is 9.07. The summed E-state index contributed by atoms with van der Waals surface area (Å²) in [6.07, 6.45) is 0. The fourth-order valence-electron chi connectivity index (χ4n) is 8.52. The molecule has 0 spiro atoms. The van der Waals surface area contributed by atoms with E-state index in [2.05, 4.69) is 30.3 Å². The normalized spacial score (nSPS) is 14.0. The molecule has 0 fully saturated rings. The van der Waals surface area contributed by atoms with Crippen molar-refractivity contribution in [3.8, 4) is 56.7 Å². The monoisotopic (exact) mass is 775 g/mol. The third kappa shape index (κ3) is 5.44. The fraction of sp³-hybridized carbons (Fsp3) is 0. The van der Waals surface area contributed by atoms with Gasteiger partial charge in [0.1, 0.15) is 0 Å². The molecule has 0 N–H and O–H groups in total. The Labute approximate surface area is 360 Å². The van der Waals surface area contributed by atoms with E-state index in [9.17, 15) is 0 Å². The van der Waals surface area contributed by atoms with Crippen molar-refractivity contribution in [3.63, 3.8) is 0 Å². The molecule has 3 heterocycles. The molecular weight excluding hydrogens is 731 g/mol. The van der Waals surface area contributed by atoms with Crippen molar-refractivity contribution in [1.82, 2.24) is 24.1 Å². The molecule has 3 aromatic heterocycles. The summed E-state index contributed by atoms with van der Waals surface area (Å²) in [5, 5.41) is 5.49. The van der Waals surface area contributed by atoms with E-state index in [1.807, 2.05) is 112 Å². The minimum atomic E-state index is -0.560. The quantitative estimate of drug-likeness (QED) is 0.169. The second-order valence-corrected chi connectivity index (χ2v) is 14.5. The zero-order chi connectivity index (χ0) is 48.3. The van der Waals surface area contributed by atoms with E-state index in [-0.39, 0.29) is 22.3 Å². The van der Waals surface area contributed by atoms with Crippen LogP contribution in [0.1, 0.15) is 13.7 Å². The van der Waals surface area contributed by atoms with Crippen LogP contribution in [0.2, 0.25) is 0 Å². The Kier molecular flexibility index (Phi) is 5.79. The molecule has 0 aliphatic rings. The summed E-state index contributed by atoms with van der Waals surface area (Å²) in [5.41, 5.74) is 5.16. The second-order valence-electron chi connectivity index (χ2n) is 14.5. The predicted molar refractivity (Wildman–Crippen MR) is 248 cm³/mol. The van der Waals surface area contributed by atoms with Crippen LogP contribution >= 0.6 is 0 Å². The lowest BCUT2D eigenvalue weighted by Gasteiger charge is -2.16. The molecule has 0 amide bonds. The van der Waals surface area contributed by atoms with Gasteiger partial charge in [0.15, 0.2) is 11.6 Å². The molecule has 0 saturated carbocycles. The molecule has 9 aromatic carbocycles. The lowest BCUT2D eigenvalue weighted by atomic mass is 9.98. The Morgan fingerprint density at radius 3 is 1.57 bits per heavy atom. The number of rotatable bonds is 6. The first-order valence-corrected chi connectivity index (χ1v) is 19.5. The number of aromatic nitrogens is 5. The zero-order valence-electron chi connectivity index (χ0n) is 41.7. The average Bonchev–Trinajstić information content (AvgIpc) is 3.92. The molecule has 0 bridgehead atoms. The summed E-state index contributed by atoms with van der Waals surface area (Å²) in [5.74, 6) is 1.27. The minimum Gasteiger partial charge on any atom is -0.307 e. The van der Waals surface area contributed by atoms with Crippen molar-refractivity contribution in [2.45, 2.75) is 0 Å². The third-order valence-corrected chi connectivity index (χ3v) is 11.1. The van der Waals surface area contributed by atoms with Gasteiger partial charge in [-0.05, 0) is 63.4 Å². The van der Waals surface area contributed by atoms with Crippen LogP contribution in [0.25, 0.3) is 111 Å². The van der Waals surface area contributed by atoms with Crippen molar-refractivity contribution in [3.05, 3.63) is 212 Å². The van der Waals surface area contributed by atoms with Crippen LogP contribution in [0.3, 0.4) is 0 Å². The smallest absolute Gasteiger partial charge is 0.238 e. The lowest BCUT2D eigenvalue weighted by Crippen LogP contribution is -2.07. The SMILES string of the molecule is [2H]c1c([2H])c([2H])c(-c2cc(-c3c([2H])c([2H])c([2H])c([2H])c3[2H])cc(-n3c4ccccc4c4ccc5c6ccccc6n(-c6nc(-c7ccccc7)nc(-c7cccc8ccccc78)n6)c5c43)c2)c([2H])c1[2H]. The topological polar surface area (TPSA) is 48.5 Å². The average molecular weight is 776 g/mol. The summed E-state index contributed by atoms with van der Waals surface area (Å²) in [6.45, 7) is 0. The standard InChI is InChI=1S/C55H35N5/c1-4-17-36(18-5-1)40-33-41(37-19-6-2-7-20-37)35-42(34-40)59-49-29-14-12-26-44(49)46-31-32-47-45-27-13-15-30-50(45)60(52(47)51(46)59)55-57-53(39-22-8-3-9-23-39)56-54(58-55)48-28-16-24-38-21-10-11-25-43(38)48/h1-35H/i1D,2D,4D,5D,6D,7D,17D,18D,19D,20D. The van der Waals surface area contributed by atoms with Crippen molar-refractivity contribution >= 4 is 54.4 Å². The molecule has 0 unspecified atom stereocenters. The highest BCUT2D eigenvalue weighted by molar-refractivity contribution is 6.23. The van der Waals surface area contributed by atoms with Crippen LogP contribution in [0.15, 0.2) is 212 Å². The van der Waals surface area contributed by atoms with Crippen molar-refractivity contribution < 1.29 is 13.7 Å². The third-order valence-electron chi connectivity index (χ3n) is 11.1. The first kappa shape index (κ1) is 25.3. The first-order valence-electron chi connectivity index (χ1n) is 24.5. The van der Waals surface area contributed by atoms with E-state index in [0.717, 1.165) is 60.0 Å². The van der Waals surface area contributed by atoms with Crippen LogP contribution < -0.4 is 0 Å². The summed E-state index contributed by atoms with van der Waals surface area (Å²) in [4.78, 5) is 15.7. The molecule has 280 valence electrons. The Balaban J connectivity index is 1.25. The Morgan fingerprint density at radius 2 is 0.900 bits per heavy atom. The second kappa shape index (κ2) is 13.8. The number of benzene rings is 9. The molecule has 0 radical (unpaired) electrons. The summed E-state index contributed by atoms with van der Waals surface area (Å²) in [6, 6.07) is 43.8. The molecule has 60 heavy (non-hydrogen) atoms. The van der Waals surface area contributed by atoms with Gasteiger partial charge >= 0.3 is 0 Å². The van der Waals surface area contributed by atoms with Gasteiger partial charge in [0.2, 0.25) is 5.95 Å². The van der Waals surface area contributed by atoms with E-state index in [1.54, 1.807) is 12.1 Å². The van der Waals surface area contributed by atoms with E-state index >= 15 is 0 Å². The zero-order valence-corrected chi connectivity index (χ0v) is 31.7. The fourth-order valence-corrected chi connectivity index (χ4v) is 8.52. The van der Waals surface area contributed by atoms with Gasteiger partial charge in [-0.2, -0.15) is 9.97 Å². The van der Waals surface area contributed by atoms with E-state index in [4.69, 9.17) is 28.7 Å². The van der Waals surface area contributed by atoms with E-state index in [0.29, 0.717) is 28.8 Å². The molecular formula is C55H35N5. The highest BCUT2D eigenvalue weighted by Crippen LogP contribution is 2.43. The van der Waals surface area contributed by atoms with Gasteiger partial charge in [0, 0.05) is 38.4 Å². The van der Waals surface area contributed by atoms with Gasteiger partial charge in [-0.15, -0.1) is 0 Å². The Hall–Kier alpha value is -8.15. The summed E-state index contributed by atoms with van der Waals surface area (Å²) < 4.78 is 91.6. The van der Waals surface area contributed by atoms with Crippen LogP contribution in [0.5, 0.6) is 0 Å². The summed E-state index contributed by atoms with van der Waals surface area (Å²) >= 11 is 0. The van der Waals surface area contributed by atoms with Crippen LogP contribution in [-0.2, 0) is 0 Å². The lowest BCUT2D eigenvalue weighted by molar-refractivity contribution is 0.954. The molecule has 5 heteroatoms. The van der Waals surface area contributed by atoms with Gasteiger partial charge < -0.3 is 4.57 Å². The van der Waals surface area contributed by atoms with Gasteiger partial charge in [-0.25, -0.2) is 4.98 Å². The highest BCUT2D eigenvalue weighted by atomic mass is 15.2. The van der Waals surface area contributed by atoms with Crippen LogP contribution in [-0.4, -0.2) is 24.1 Å². The number of nitrogens with zero attached hydrogens (tertiary/aromatic N) is 5. The van der Waals surface area contributed by atoms with Gasteiger partial charge in [0.05, 0.1) is 35.8 Å². The van der Waals surface area contributed by atoms with Crippen molar-refractivity contribution in [2.24, 2.45) is 0 Å². The maximum Gasteiger partial charge on any atom is 0.238 e. The Morgan fingerprint density at radius 1 is 0.367 bits per heavy atom. The molecule has 0 aliphatic heterocycles. The highest BCUT2D eigenvalue weighted by Gasteiger charge is 2.24. The number of fused-ring (bicyclic) bond motifs is 8. The molecule has 5 nitrogen and oxygen atoms in total. The minimum absolute atomic E-state index is 0.110. The van der Waals surface area contributed by atoms with Crippen molar-refractivity contribution in [1.29, 1.82) is 0 Å². The van der Waals surface area contributed by atoms with Gasteiger partial charge in [0.25, 0.3) is 0 Å². The maximum atomic E-state index is 9.07. The predicted octanol–water partition coefficient (Wildman–Crippen LogP) is 13.9. The number of para-hydroxylation sites is 2. The largest absolute Gasteiger partial charge is 0.307 e. The molecule has 0 aliphatic carbocycles. The molecule has 12 aromatic rings. The van der Waals surface area contributed by atoms with Crippen molar-refractivity contribution in [2.75, 3.05) is 0 Å². The summed E-state index contributed by atoms with van der Waals surface area (Å²) in [7, 11) is 0. The molecule has 0 saturated heterocycles. The number of hydrogen-bond acceptors (Lipinski definition) is 3. The Bertz CT molecular complexity index is 4050. The first-order chi connectivity index (χ1) is 33.9. The molecule has 12 rings (SSSR count). The molecule has 0 atom stereocenters. The van der Waals surface area contributed by atoms with Gasteiger partial charge in [-0.1, -0.05) is 182 Å².